The number of ketones is 1. The second kappa shape index (κ2) is 4.99. The van der Waals surface area contributed by atoms with Gasteiger partial charge in [0.25, 0.3) is 0 Å². The molecule has 0 spiro atoms. The van der Waals surface area contributed by atoms with E-state index in [-0.39, 0.29) is 5.78 Å². The van der Waals surface area contributed by atoms with Gasteiger partial charge in [-0.15, -0.1) is 0 Å². The first kappa shape index (κ1) is 11.0. The molecule has 1 aromatic carbocycles. The number of carbonyl (C=O) groups is 1. The molecule has 0 radical (unpaired) electrons. The summed E-state index contributed by atoms with van der Waals surface area (Å²) < 4.78 is 8.01. The van der Waals surface area contributed by atoms with Crippen LogP contribution < -0.4 is 0 Å². The van der Waals surface area contributed by atoms with Crippen molar-refractivity contribution in [3.05, 3.63) is 47.3 Å². The molecule has 1 aromatic heterocycles. The molecule has 0 N–H and O–H groups in total. The predicted molar refractivity (Wildman–Crippen MR) is 63.7 cm³/mol. The van der Waals surface area contributed by atoms with Crippen molar-refractivity contribution in [2.45, 2.75) is 19.8 Å². The standard InChI is InChI=1S/C12H12N2OS/c1-9-12(14-16-13-9)11(15)8-7-10-5-3-2-4-6-10/h2-6H,7-8H2,1H3. The molecule has 0 fully saturated rings. The molecular formula is C12H12N2OS. The smallest absolute Gasteiger partial charge is 0.184 e. The minimum atomic E-state index is 0.0788. The first-order chi connectivity index (χ1) is 7.77. The second-order valence-electron chi connectivity index (χ2n) is 3.61. The number of hydrogen-bond acceptors (Lipinski definition) is 4. The Morgan fingerprint density at radius 1 is 1.25 bits per heavy atom. The third kappa shape index (κ3) is 2.52. The number of aromatic nitrogens is 2. The Bertz CT molecular complexity index is 479. The molecule has 3 nitrogen and oxygen atoms in total. The largest absolute Gasteiger partial charge is 0.292 e. The van der Waals surface area contributed by atoms with Gasteiger partial charge in [-0.05, 0) is 18.9 Å². The molecule has 0 saturated heterocycles. The van der Waals surface area contributed by atoms with Gasteiger partial charge in [0.15, 0.2) is 5.78 Å². The zero-order valence-electron chi connectivity index (χ0n) is 9.01. The van der Waals surface area contributed by atoms with E-state index in [0.29, 0.717) is 12.1 Å². The van der Waals surface area contributed by atoms with Crippen LogP contribution in [0.25, 0.3) is 0 Å². The van der Waals surface area contributed by atoms with Gasteiger partial charge in [-0.1, -0.05) is 30.3 Å². The number of aryl methyl sites for hydroxylation is 2. The van der Waals surface area contributed by atoms with Crippen LogP contribution in [-0.4, -0.2) is 14.5 Å². The Morgan fingerprint density at radius 2 is 2.00 bits per heavy atom. The lowest BCUT2D eigenvalue weighted by molar-refractivity contribution is 0.0978. The van der Waals surface area contributed by atoms with Gasteiger partial charge in [0, 0.05) is 6.42 Å². The fourth-order valence-corrected chi connectivity index (χ4v) is 2.07. The number of benzene rings is 1. The number of nitrogens with zero attached hydrogens (tertiary/aromatic N) is 2. The van der Waals surface area contributed by atoms with E-state index >= 15 is 0 Å². The van der Waals surface area contributed by atoms with Gasteiger partial charge in [-0.25, -0.2) is 0 Å². The minimum absolute atomic E-state index is 0.0788. The number of rotatable bonds is 4. The van der Waals surface area contributed by atoms with Crippen LogP contribution in [-0.2, 0) is 6.42 Å². The topological polar surface area (TPSA) is 42.9 Å². The predicted octanol–water partition coefficient (Wildman–Crippen LogP) is 2.66. The lowest BCUT2D eigenvalue weighted by Gasteiger charge is -1.99. The maximum atomic E-state index is 11.8. The summed E-state index contributed by atoms with van der Waals surface area (Å²) in [4.78, 5) is 11.8. The Balaban J connectivity index is 1.97. The Kier molecular flexibility index (Phi) is 3.41. The van der Waals surface area contributed by atoms with Gasteiger partial charge < -0.3 is 0 Å². The van der Waals surface area contributed by atoms with Gasteiger partial charge in [0.05, 0.1) is 17.4 Å². The molecule has 0 amide bonds. The van der Waals surface area contributed by atoms with Gasteiger partial charge in [0.1, 0.15) is 5.69 Å². The Labute approximate surface area is 98.5 Å². The van der Waals surface area contributed by atoms with E-state index in [0.717, 1.165) is 23.8 Å². The van der Waals surface area contributed by atoms with Crippen molar-refractivity contribution in [1.82, 2.24) is 8.75 Å². The molecule has 0 unspecified atom stereocenters. The van der Waals surface area contributed by atoms with E-state index < -0.39 is 0 Å². The summed E-state index contributed by atoms with van der Waals surface area (Å²) in [5.41, 5.74) is 2.45. The summed E-state index contributed by atoms with van der Waals surface area (Å²) >= 11 is 1.10. The third-order valence-corrected chi connectivity index (χ3v) is 3.02. The van der Waals surface area contributed by atoms with Gasteiger partial charge in [-0.3, -0.25) is 4.79 Å². The van der Waals surface area contributed by atoms with E-state index in [1.807, 2.05) is 37.3 Å². The molecule has 0 aliphatic rings. The summed E-state index contributed by atoms with van der Waals surface area (Å²) in [6.45, 7) is 1.82. The highest BCUT2D eigenvalue weighted by atomic mass is 32.1. The summed E-state index contributed by atoms with van der Waals surface area (Å²) in [6, 6.07) is 9.99. The summed E-state index contributed by atoms with van der Waals surface area (Å²) in [5, 5.41) is 0. The highest BCUT2D eigenvalue weighted by molar-refractivity contribution is 6.99. The van der Waals surface area contributed by atoms with Gasteiger partial charge in [0.2, 0.25) is 0 Å². The van der Waals surface area contributed by atoms with Crippen LogP contribution in [0.4, 0.5) is 0 Å². The first-order valence-electron chi connectivity index (χ1n) is 5.13. The van der Waals surface area contributed by atoms with E-state index in [1.54, 1.807) is 0 Å². The number of hydrogen-bond donors (Lipinski definition) is 0. The molecule has 0 saturated carbocycles. The van der Waals surface area contributed by atoms with Crippen LogP contribution in [0, 0.1) is 6.92 Å². The van der Waals surface area contributed by atoms with Crippen molar-refractivity contribution in [2.24, 2.45) is 0 Å². The molecule has 0 aliphatic heterocycles. The monoisotopic (exact) mass is 232 g/mol. The highest BCUT2D eigenvalue weighted by Crippen LogP contribution is 2.10. The van der Waals surface area contributed by atoms with Crippen molar-refractivity contribution in [3.8, 4) is 0 Å². The first-order valence-corrected chi connectivity index (χ1v) is 5.86. The van der Waals surface area contributed by atoms with Gasteiger partial charge >= 0.3 is 0 Å². The Hall–Kier alpha value is -1.55. The molecular weight excluding hydrogens is 220 g/mol. The van der Waals surface area contributed by atoms with Crippen LogP contribution in [0.2, 0.25) is 0 Å². The molecule has 0 aliphatic carbocycles. The van der Waals surface area contributed by atoms with Crippen LogP contribution in [0.1, 0.15) is 28.2 Å². The van der Waals surface area contributed by atoms with Crippen molar-refractivity contribution in [2.75, 3.05) is 0 Å². The van der Waals surface area contributed by atoms with Crippen LogP contribution in [0.15, 0.2) is 30.3 Å². The van der Waals surface area contributed by atoms with Crippen LogP contribution in [0.5, 0.6) is 0 Å². The van der Waals surface area contributed by atoms with E-state index in [2.05, 4.69) is 8.75 Å². The van der Waals surface area contributed by atoms with Crippen molar-refractivity contribution in [1.29, 1.82) is 0 Å². The summed E-state index contributed by atoms with van der Waals surface area (Å²) in [7, 11) is 0. The van der Waals surface area contributed by atoms with E-state index in [9.17, 15) is 4.79 Å². The SMILES string of the molecule is Cc1nsnc1C(=O)CCc1ccccc1. The zero-order valence-corrected chi connectivity index (χ0v) is 9.83. The van der Waals surface area contributed by atoms with Crippen molar-refractivity contribution in [3.63, 3.8) is 0 Å². The fraction of sp³-hybridized carbons (Fsp3) is 0.250. The third-order valence-electron chi connectivity index (χ3n) is 2.40. The summed E-state index contributed by atoms with van der Waals surface area (Å²) in [5.74, 6) is 0.0788. The maximum Gasteiger partial charge on any atom is 0.184 e. The Morgan fingerprint density at radius 3 is 2.62 bits per heavy atom. The molecule has 0 bridgehead atoms. The lowest BCUT2D eigenvalue weighted by Crippen LogP contribution is -2.03. The number of Topliss-reactive ketones (excluding diaryl/α,β-unsaturated/α-hetero) is 1. The normalized spacial score (nSPS) is 10.3. The minimum Gasteiger partial charge on any atom is -0.292 e. The van der Waals surface area contributed by atoms with Crippen LogP contribution in [0.3, 0.4) is 0 Å². The van der Waals surface area contributed by atoms with Crippen LogP contribution >= 0.6 is 11.7 Å². The van der Waals surface area contributed by atoms with E-state index in [1.165, 1.54) is 5.56 Å². The second-order valence-corrected chi connectivity index (χ2v) is 4.14. The summed E-state index contributed by atoms with van der Waals surface area (Å²) in [6.07, 6.45) is 1.26. The highest BCUT2D eigenvalue weighted by Gasteiger charge is 2.12. The molecule has 82 valence electrons. The van der Waals surface area contributed by atoms with E-state index in [4.69, 9.17) is 0 Å². The molecule has 16 heavy (non-hydrogen) atoms. The quantitative estimate of drug-likeness (QED) is 0.761. The fourth-order valence-electron chi connectivity index (χ4n) is 1.51. The average molecular weight is 232 g/mol. The lowest BCUT2D eigenvalue weighted by atomic mass is 10.1. The molecule has 4 heteroatoms. The maximum absolute atomic E-state index is 11.8. The molecule has 2 aromatic rings. The van der Waals surface area contributed by atoms with Gasteiger partial charge in [-0.2, -0.15) is 8.75 Å². The average Bonchev–Trinajstić information content (AvgIpc) is 2.74. The molecule has 1 heterocycles. The van der Waals surface area contributed by atoms with Crippen molar-refractivity contribution < 1.29 is 4.79 Å². The van der Waals surface area contributed by atoms with Crippen molar-refractivity contribution >= 4 is 17.5 Å². The molecule has 2 rings (SSSR count). The number of carbonyl (C=O) groups excluding carboxylic acids is 1. The molecule has 0 atom stereocenters. The zero-order chi connectivity index (χ0) is 11.4.